The smallest absolute Gasteiger partial charge is 0.129 e. The second-order valence-electron chi connectivity index (χ2n) is 7.40. The monoisotopic (exact) mass is 464 g/mol. The number of aromatic hydroxyl groups is 1. The summed E-state index contributed by atoms with van der Waals surface area (Å²) >= 11 is 3.53. The highest BCUT2D eigenvalue weighted by atomic mass is 79.9. The van der Waals surface area contributed by atoms with Crippen LogP contribution in [0.4, 0.5) is 0 Å². The molecular formula is C25H25BrN2O2. The average molecular weight is 465 g/mol. The minimum atomic E-state index is -0.279. The number of hydrogen-bond acceptors (Lipinski definition) is 4. The zero-order valence-electron chi connectivity index (χ0n) is 17.1. The number of rotatable bonds is 5. The number of nitrogens with one attached hydrogen (secondary N) is 1. The molecule has 0 fully saturated rings. The zero-order chi connectivity index (χ0) is 21.1. The van der Waals surface area contributed by atoms with Gasteiger partial charge in [0.15, 0.2) is 0 Å². The van der Waals surface area contributed by atoms with Gasteiger partial charge >= 0.3 is 0 Å². The Morgan fingerprint density at radius 1 is 1.07 bits per heavy atom. The standard InChI is InChI=1S/C25H25BrN2O2/c1-3-16-8-10-17(11-9-16)21-15-22(20-14-18(26)12-13-23(20)29)28-25(27-21)19-6-4-5-7-24(19)30-2/h4-14,22,25,28-29H,3,15H2,1-2H3. The van der Waals surface area contributed by atoms with E-state index in [1.807, 2.05) is 36.4 Å². The van der Waals surface area contributed by atoms with Crippen molar-refractivity contribution >= 4 is 21.6 Å². The number of ether oxygens (including phenoxy) is 1. The number of aliphatic imine (C=N–C) groups is 1. The molecule has 1 aliphatic heterocycles. The lowest BCUT2D eigenvalue weighted by atomic mass is 9.93. The van der Waals surface area contributed by atoms with Crippen LogP contribution in [0, 0.1) is 0 Å². The first-order valence-electron chi connectivity index (χ1n) is 10.1. The Morgan fingerprint density at radius 2 is 1.83 bits per heavy atom. The van der Waals surface area contributed by atoms with Crippen molar-refractivity contribution in [1.29, 1.82) is 0 Å². The van der Waals surface area contributed by atoms with Crippen molar-refractivity contribution < 1.29 is 9.84 Å². The molecule has 2 N–H and O–H groups in total. The second kappa shape index (κ2) is 9.02. The van der Waals surface area contributed by atoms with Gasteiger partial charge in [0, 0.05) is 33.8 Å². The van der Waals surface area contributed by atoms with E-state index in [4.69, 9.17) is 9.73 Å². The van der Waals surface area contributed by atoms with E-state index in [1.165, 1.54) is 5.56 Å². The summed E-state index contributed by atoms with van der Waals surface area (Å²) in [4.78, 5) is 5.05. The molecule has 0 saturated heterocycles. The summed E-state index contributed by atoms with van der Waals surface area (Å²) in [7, 11) is 1.67. The largest absolute Gasteiger partial charge is 0.508 e. The summed E-state index contributed by atoms with van der Waals surface area (Å²) in [6.45, 7) is 2.15. The van der Waals surface area contributed by atoms with E-state index in [-0.39, 0.29) is 18.0 Å². The predicted octanol–water partition coefficient (Wildman–Crippen LogP) is 5.95. The number of halogens is 1. The highest BCUT2D eigenvalue weighted by Crippen LogP contribution is 2.37. The summed E-state index contributed by atoms with van der Waals surface area (Å²) in [5.41, 5.74) is 5.24. The number of phenolic OH excluding ortho intramolecular Hbond substituents is 1. The molecule has 0 aliphatic carbocycles. The third kappa shape index (κ3) is 4.27. The van der Waals surface area contributed by atoms with Crippen LogP contribution in [0.2, 0.25) is 0 Å². The zero-order valence-corrected chi connectivity index (χ0v) is 18.7. The molecular weight excluding hydrogens is 440 g/mol. The lowest BCUT2D eigenvalue weighted by Crippen LogP contribution is -2.33. The molecule has 1 heterocycles. The molecule has 4 rings (SSSR count). The van der Waals surface area contributed by atoms with Gasteiger partial charge in [0.1, 0.15) is 17.7 Å². The van der Waals surface area contributed by atoms with Gasteiger partial charge in [-0.25, -0.2) is 0 Å². The van der Waals surface area contributed by atoms with E-state index in [2.05, 4.69) is 52.4 Å². The minimum Gasteiger partial charge on any atom is -0.508 e. The first-order chi connectivity index (χ1) is 14.6. The van der Waals surface area contributed by atoms with Crippen molar-refractivity contribution in [2.45, 2.75) is 32.0 Å². The van der Waals surface area contributed by atoms with Gasteiger partial charge in [-0.15, -0.1) is 0 Å². The quantitative estimate of drug-likeness (QED) is 0.490. The molecule has 5 heteroatoms. The molecule has 2 atom stereocenters. The summed E-state index contributed by atoms with van der Waals surface area (Å²) in [6.07, 6.45) is 1.41. The number of aryl methyl sites for hydroxylation is 1. The normalized spacial score (nSPS) is 18.7. The molecule has 0 saturated carbocycles. The minimum absolute atomic E-state index is 0.0873. The number of benzene rings is 3. The molecule has 1 aliphatic rings. The SMILES string of the molecule is CCc1ccc(C2=NC(c3ccccc3OC)NC(c3cc(Br)ccc3O)C2)cc1. The topological polar surface area (TPSA) is 53.8 Å². The van der Waals surface area contributed by atoms with E-state index in [0.717, 1.165) is 39.0 Å². The molecule has 0 aromatic heterocycles. The predicted molar refractivity (Wildman–Crippen MR) is 124 cm³/mol. The Morgan fingerprint density at radius 3 is 2.57 bits per heavy atom. The molecule has 0 spiro atoms. The molecule has 3 aromatic rings. The average Bonchev–Trinajstić information content (AvgIpc) is 2.80. The molecule has 0 bridgehead atoms. The Kier molecular flexibility index (Phi) is 6.21. The van der Waals surface area contributed by atoms with Crippen molar-refractivity contribution in [3.05, 3.63) is 93.5 Å². The van der Waals surface area contributed by atoms with Gasteiger partial charge in [0.05, 0.1) is 7.11 Å². The van der Waals surface area contributed by atoms with E-state index >= 15 is 0 Å². The number of nitrogens with zero attached hydrogens (tertiary/aromatic N) is 1. The van der Waals surface area contributed by atoms with E-state index in [0.29, 0.717) is 6.42 Å². The number of hydrogen-bond donors (Lipinski definition) is 2. The van der Waals surface area contributed by atoms with Gasteiger partial charge in [0.25, 0.3) is 0 Å². The molecule has 0 amide bonds. The van der Waals surface area contributed by atoms with Crippen LogP contribution in [0.1, 0.15) is 47.8 Å². The second-order valence-corrected chi connectivity index (χ2v) is 8.31. The maximum Gasteiger partial charge on any atom is 0.129 e. The lowest BCUT2D eigenvalue weighted by molar-refractivity contribution is 0.381. The number of methoxy groups -OCH3 is 1. The van der Waals surface area contributed by atoms with E-state index in [9.17, 15) is 5.11 Å². The van der Waals surface area contributed by atoms with Crippen LogP contribution >= 0.6 is 15.9 Å². The summed E-state index contributed by atoms with van der Waals surface area (Å²) in [5, 5.41) is 14.1. The first kappa shape index (κ1) is 20.6. The van der Waals surface area contributed by atoms with E-state index in [1.54, 1.807) is 13.2 Å². The fourth-order valence-corrected chi connectivity index (χ4v) is 4.25. The maximum atomic E-state index is 10.5. The fourth-order valence-electron chi connectivity index (χ4n) is 3.87. The summed E-state index contributed by atoms with van der Waals surface area (Å²) < 4.78 is 6.52. The lowest BCUT2D eigenvalue weighted by Gasteiger charge is -2.31. The highest BCUT2D eigenvalue weighted by molar-refractivity contribution is 9.10. The van der Waals surface area contributed by atoms with Gasteiger partial charge < -0.3 is 9.84 Å². The van der Waals surface area contributed by atoms with Crippen LogP contribution in [0.15, 0.2) is 76.2 Å². The van der Waals surface area contributed by atoms with Gasteiger partial charge in [-0.1, -0.05) is 65.3 Å². The van der Waals surface area contributed by atoms with Crippen LogP contribution in [-0.4, -0.2) is 17.9 Å². The third-order valence-corrected chi connectivity index (χ3v) is 6.03. The Hall–Kier alpha value is -2.63. The number of phenols is 1. The van der Waals surface area contributed by atoms with Crippen LogP contribution in [0.25, 0.3) is 0 Å². The van der Waals surface area contributed by atoms with Crippen LogP contribution < -0.4 is 10.1 Å². The van der Waals surface area contributed by atoms with Gasteiger partial charge in [-0.05, 0) is 41.8 Å². The maximum absolute atomic E-state index is 10.5. The van der Waals surface area contributed by atoms with Crippen LogP contribution in [0.3, 0.4) is 0 Å². The first-order valence-corrected chi connectivity index (χ1v) is 10.9. The molecule has 0 radical (unpaired) electrons. The van der Waals surface area contributed by atoms with Crippen molar-refractivity contribution in [2.24, 2.45) is 4.99 Å². The molecule has 30 heavy (non-hydrogen) atoms. The van der Waals surface area contributed by atoms with Crippen molar-refractivity contribution in [3.8, 4) is 11.5 Å². The van der Waals surface area contributed by atoms with Crippen LogP contribution in [0.5, 0.6) is 11.5 Å². The fraction of sp³-hybridized carbons (Fsp3) is 0.240. The molecule has 154 valence electrons. The molecule has 4 nitrogen and oxygen atoms in total. The van der Waals surface area contributed by atoms with Gasteiger partial charge in [0.2, 0.25) is 0 Å². The van der Waals surface area contributed by atoms with E-state index < -0.39 is 0 Å². The molecule has 3 aromatic carbocycles. The third-order valence-electron chi connectivity index (χ3n) is 5.54. The summed E-state index contributed by atoms with van der Waals surface area (Å²) in [5.74, 6) is 1.07. The Labute approximate surface area is 185 Å². The van der Waals surface area contributed by atoms with Gasteiger partial charge in [-0.3, -0.25) is 10.3 Å². The van der Waals surface area contributed by atoms with Crippen molar-refractivity contribution in [2.75, 3.05) is 7.11 Å². The highest BCUT2D eigenvalue weighted by Gasteiger charge is 2.29. The van der Waals surface area contributed by atoms with Crippen molar-refractivity contribution in [1.82, 2.24) is 5.32 Å². The Balaban J connectivity index is 1.78. The molecule has 2 unspecified atom stereocenters. The number of para-hydroxylation sites is 1. The summed E-state index contributed by atoms with van der Waals surface area (Å²) in [6, 6.07) is 22.0. The van der Waals surface area contributed by atoms with Crippen molar-refractivity contribution in [3.63, 3.8) is 0 Å². The Bertz CT molecular complexity index is 1060. The van der Waals surface area contributed by atoms with Crippen LogP contribution in [-0.2, 0) is 6.42 Å². The van der Waals surface area contributed by atoms with Gasteiger partial charge in [-0.2, -0.15) is 0 Å².